The van der Waals surface area contributed by atoms with Crippen LogP contribution >= 0.6 is 11.6 Å². The molecule has 2 N–H and O–H groups in total. The number of hydrogen-bond donors (Lipinski definition) is 2. The molecule has 0 amide bonds. The van der Waals surface area contributed by atoms with Crippen molar-refractivity contribution in [2.45, 2.75) is 13.0 Å². The number of rotatable bonds is 5. The van der Waals surface area contributed by atoms with Crippen LogP contribution in [0.5, 0.6) is 0 Å². The van der Waals surface area contributed by atoms with Gasteiger partial charge >= 0.3 is 0 Å². The summed E-state index contributed by atoms with van der Waals surface area (Å²) < 4.78 is 0. The first-order valence-electron chi connectivity index (χ1n) is 9.53. The molecule has 0 unspecified atom stereocenters. The highest BCUT2D eigenvalue weighted by molar-refractivity contribution is 6.38. The number of aliphatic hydroxyl groups is 1. The van der Waals surface area contributed by atoms with Gasteiger partial charge in [0.05, 0.1) is 28.3 Å². The summed E-state index contributed by atoms with van der Waals surface area (Å²) in [6.45, 7) is 2.15. The molecule has 0 saturated carbocycles. The van der Waals surface area contributed by atoms with E-state index in [0.29, 0.717) is 22.9 Å². The predicted octanol–water partition coefficient (Wildman–Crippen LogP) is 5.28. The van der Waals surface area contributed by atoms with Crippen molar-refractivity contribution in [3.63, 3.8) is 0 Å². The first kappa shape index (κ1) is 19.8. The van der Waals surface area contributed by atoms with Crippen LogP contribution < -0.4 is 5.32 Å². The van der Waals surface area contributed by atoms with Crippen LogP contribution in [0.15, 0.2) is 67.0 Å². The Labute approximate surface area is 179 Å². The maximum Gasteiger partial charge on any atom is 0.126 e. The van der Waals surface area contributed by atoms with Crippen LogP contribution in [0.25, 0.3) is 33.2 Å². The van der Waals surface area contributed by atoms with Gasteiger partial charge in [0.2, 0.25) is 0 Å². The van der Waals surface area contributed by atoms with Gasteiger partial charge in [-0.25, -0.2) is 4.98 Å². The van der Waals surface area contributed by atoms with Gasteiger partial charge in [0.15, 0.2) is 0 Å². The summed E-state index contributed by atoms with van der Waals surface area (Å²) in [7, 11) is 0. The lowest BCUT2D eigenvalue weighted by Crippen LogP contribution is -2.15. The van der Waals surface area contributed by atoms with Crippen LogP contribution in [0.3, 0.4) is 0 Å². The Kier molecular flexibility index (Phi) is 5.62. The number of hydrogen-bond acceptors (Lipinski definition) is 5. The highest BCUT2D eigenvalue weighted by Gasteiger charge is 2.13. The number of para-hydroxylation sites is 1. The van der Waals surface area contributed by atoms with Crippen LogP contribution in [-0.2, 0) is 0 Å². The average molecular weight is 415 g/mol. The number of nitriles is 1. The number of nitrogens with zero attached hydrogens (tertiary/aromatic N) is 3. The third-order valence-electron chi connectivity index (χ3n) is 4.81. The Bertz CT molecular complexity index is 1230. The third-order valence-corrected chi connectivity index (χ3v) is 5.22. The lowest BCUT2D eigenvalue weighted by atomic mass is 9.99. The molecule has 0 aliphatic rings. The second-order valence-corrected chi connectivity index (χ2v) is 7.42. The number of nitrogens with one attached hydrogen (secondary N) is 1. The Hall–Kier alpha value is -3.46. The van der Waals surface area contributed by atoms with E-state index in [4.69, 9.17) is 21.8 Å². The topological polar surface area (TPSA) is 81.8 Å². The smallest absolute Gasteiger partial charge is 0.126 e. The van der Waals surface area contributed by atoms with Crippen LogP contribution in [0.4, 0.5) is 5.82 Å². The Morgan fingerprint density at radius 2 is 1.77 bits per heavy atom. The molecule has 2 aromatic carbocycles. The van der Waals surface area contributed by atoms with E-state index >= 15 is 0 Å². The molecule has 0 bridgehead atoms. The number of benzene rings is 2. The molecule has 2 heterocycles. The molecule has 6 heteroatoms. The zero-order valence-electron chi connectivity index (χ0n) is 16.3. The van der Waals surface area contributed by atoms with Crippen LogP contribution in [0.1, 0.15) is 12.5 Å². The van der Waals surface area contributed by atoms with E-state index in [1.807, 2.05) is 42.5 Å². The van der Waals surface area contributed by atoms with Gasteiger partial charge in [-0.1, -0.05) is 41.9 Å². The number of fused-ring (bicyclic) bond motifs is 1. The number of aliphatic hydroxyl groups excluding tert-OH is 1. The molecule has 0 spiro atoms. The van der Waals surface area contributed by atoms with E-state index < -0.39 is 6.10 Å². The molecular formula is C24H19ClN4O. The molecule has 0 aliphatic carbocycles. The van der Waals surface area contributed by atoms with E-state index in [2.05, 4.69) is 16.4 Å². The zero-order valence-corrected chi connectivity index (χ0v) is 17.1. The third kappa shape index (κ3) is 3.97. The normalized spacial score (nSPS) is 11.8. The fraction of sp³-hybridized carbons (Fsp3) is 0.125. The van der Waals surface area contributed by atoms with Crippen molar-refractivity contribution in [2.75, 3.05) is 11.9 Å². The largest absolute Gasteiger partial charge is 0.392 e. The maximum atomic E-state index is 9.38. The Morgan fingerprint density at radius 1 is 1.00 bits per heavy atom. The monoisotopic (exact) mass is 414 g/mol. The van der Waals surface area contributed by atoms with E-state index in [1.54, 1.807) is 31.5 Å². The minimum Gasteiger partial charge on any atom is -0.392 e. The molecule has 0 aliphatic heterocycles. The van der Waals surface area contributed by atoms with Gasteiger partial charge in [-0.2, -0.15) is 5.26 Å². The molecule has 4 rings (SSSR count). The number of anilines is 1. The fourth-order valence-electron chi connectivity index (χ4n) is 3.26. The van der Waals surface area contributed by atoms with Gasteiger partial charge < -0.3 is 10.4 Å². The Morgan fingerprint density at radius 3 is 2.43 bits per heavy atom. The van der Waals surface area contributed by atoms with Crippen molar-refractivity contribution >= 4 is 28.3 Å². The SMILES string of the molecule is C[C@H](O)CNc1ccc(-c2cnc3c(-c4ccc(C#N)cc4)cccc3c2Cl)cn1. The molecule has 148 valence electrons. The molecule has 0 radical (unpaired) electrons. The standard InChI is InChI=1S/C24H19ClN4O/c1-15(30)12-27-22-10-9-18(13-28-22)21-14-29-24-19(3-2-4-20(24)23(21)25)17-7-5-16(11-26)6-8-17/h2-10,13-15,30H,12H2,1H3,(H,27,28)/t15-/m0/s1. The molecule has 30 heavy (non-hydrogen) atoms. The summed E-state index contributed by atoms with van der Waals surface area (Å²) in [6, 6.07) is 19.2. The molecule has 4 aromatic rings. The van der Waals surface area contributed by atoms with E-state index in [-0.39, 0.29) is 0 Å². The molecule has 0 saturated heterocycles. The van der Waals surface area contributed by atoms with Crippen LogP contribution in [0.2, 0.25) is 5.02 Å². The van der Waals surface area contributed by atoms with Gasteiger partial charge in [-0.15, -0.1) is 0 Å². The molecule has 1 atom stereocenters. The molecule has 0 fully saturated rings. The van der Waals surface area contributed by atoms with E-state index in [0.717, 1.165) is 33.2 Å². The minimum atomic E-state index is -0.448. The van der Waals surface area contributed by atoms with E-state index in [9.17, 15) is 5.11 Å². The van der Waals surface area contributed by atoms with Crippen molar-refractivity contribution in [1.82, 2.24) is 9.97 Å². The first-order valence-corrected chi connectivity index (χ1v) is 9.90. The van der Waals surface area contributed by atoms with Gasteiger partial charge in [0.25, 0.3) is 0 Å². The van der Waals surface area contributed by atoms with Gasteiger partial charge in [-0.3, -0.25) is 4.98 Å². The summed E-state index contributed by atoms with van der Waals surface area (Å²) in [6.07, 6.45) is 3.05. The van der Waals surface area contributed by atoms with Crippen molar-refractivity contribution in [2.24, 2.45) is 0 Å². The van der Waals surface area contributed by atoms with Crippen molar-refractivity contribution < 1.29 is 5.11 Å². The number of aromatic nitrogens is 2. The lowest BCUT2D eigenvalue weighted by Gasteiger charge is -2.12. The summed E-state index contributed by atoms with van der Waals surface area (Å²) in [5.41, 5.74) is 5.02. The summed E-state index contributed by atoms with van der Waals surface area (Å²) in [4.78, 5) is 9.09. The quantitative estimate of drug-likeness (QED) is 0.464. The predicted molar refractivity (Wildman–Crippen MR) is 120 cm³/mol. The molecular weight excluding hydrogens is 396 g/mol. The zero-order chi connectivity index (χ0) is 21.1. The van der Waals surface area contributed by atoms with Gasteiger partial charge in [0.1, 0.15) is 5.82 Å². The van der Waals surface area contributed by atoms with Crippen LogP contribution in [0, 0.1) is 11.3 Å². The van der Waals surface area contributed by atoms with Crippen LogP contribution in [-0.4, -0.2) is 27.7 Å². The molecule has 5 nitrogen and oxygen atoms in total. The van der Waals surface area contributed by atoms with Gasteiger partial charge in [0, 0.05) is 41.0 Å². The van der Waals surface area contributed by atoms with E-state index in [1.165, 1.54) is 0 Å². The number of halogens is 1. The summed E-state index contributed by atoms with van der Waals surface area (Å²) >= 11 is 6.77. The Balaban J connectivity index is 1.72. The number of pyridine rings is 2. The second-order valence-electron chi connectivity index (χ2n) is 7.04. The van der Waals surface area contributed by atoms with Crippen molar-refractivity contribution in [3.05, 3.63) is 77.6 Å². The minimum absolute atomic E-state index is 0.433. The fourth-order valence-corrected chi connectivity index (χ4v) is 3.57. The summed E-state index contributed by atoms with van der Waals surface area (Å²) in [5.74, 6) is 0.688. The van der Waals surface area contributed by atoms with Crippen molar-refractivity contribution in [1.29, 1.82) is 5.26 Å². The lowest BCUT2D eigenvalue weighted by molar-refractivity contribution is 0.208. The van der Waals surface area contributed by atoms with Gasteiger partial charge in [-0.05, 0) is 36.8 Å². The highest BCUT2D eigenvalue weighted by Crippen LogP contribution is 2.36. The highest BCUT2D eigenvalue weighted by atomic mass is 35.5. The molecule has 2 aromatic heterocycles. The second kappa shape index (κ2) is 8.50. The average Bonchev–Trinajstić information content (AvgIpc) is 2.78. The van der Waals surface area contributed by atoms with Crippen molar-refractivity contribution in [3.8, 4) is 28.3 Å². The summed E-state index contributed by atoms with van der Waals surface area (Å²) in [5, 5.41) is 22.9. The maximum absolute atomic E-state index is 9.38. The first-order chi connectivity index (χ1) is 14.6.